The van der Waals surface area contributed by atoms with Gasteiger partial charge in [-0.2, -0.15) is 0 Å². The predicted octanol–water partition coefficient (Wildman–Crippen LogP) is 3.40. The molecule has 0 bridgehead atoms. The summed E-state index contributed by atoms with van der Waals surface area (Å²) in [5, 5.41) is 0. The lowest BCUT2D eigenvalue weighted by Crippen LogP contribution is -1.92. The molecule has 2 rings (SSSR count). The summed E-state index contributed by atoms with van der Waals surface area (Å²) in [4.78, 5) is 0. The van der Waals surface area contributed by atoms with Gasteiger partial charge in [-0.3, -0.25) is 0 Å². The highest BCUT2D eigenvalue weighted by molar-refractivity contribution is 5.20. The quantitative estimate of drug-likeness (QED) is 0.589. The summed E-state index contributed by atoms with van der Waals surface area (Å²) < 4.78 is 0. The second-order valence-corrected chi connectivity index (χ2v) is 3.79. The van der Waals surface area contributed by atoms with E-state index in [0.29, 0.717) is 5.92 Å². The molecule has 0 saturated heterocycles. The fraction of sp³-hybridized carbons (Fsp3) is 0.417. The van der Waals surface area contributed by atoms with Crippen molar-refractivity contribution in [3.63, 3.8) is 0 Å². The van der Waals surface area contributed by atoms with E-state index in [-0.39, 0.29) is 0 Å². The summed E-state index contributed by atoms with van der Waals surface area (Å²) in [5.74, 6) is 1.48. The Hall–Kier alpha value is -0.780. The zero-order valence-electron chi connectivity index (χ0n) is 7.37. The van der Waals surface area contributed by atoms with Gasteiger partial charge in [0, 0.05) is 0 Å². The minimum Gasteiger partial charge on any atom is -0.0622 e. The lowest BCUT2D eigenvalue weighted by atomic mass is 9.97. The van der Waals surface area contributed by atoms with Gasteiger partial charge in [0.05, 0.1) is 0 Å². The summed E-state index contributed by atoms with van der Waals surface area (Å²) in [6.45, 7) is 4.11. The highest BCUT2D eigenvalue weighted by atomic mass is 14.3. The van der Waals surface area contributed by atoms with Crippen LogP contribution in [0.3, 0.4) is 0 Å². The van der Waals surface area contributed by atoms with Gasteiger partial charge >= 0.3 is 0 Å². The molecule has 1 fully saturated rings. The van der Waals surface area contributed by atoms with Crippen molar-refractivity contribution in [3.8, 4) is 0 Å². The fourth-order valence-electron chi connectivity index (χ4n) is 2.10. The van der Waals surface area contributed by atoms with Crippen LogP contribution in [0, 0.1) is 12.8 Å². The second-order valence-electron chi connectivity index (χ2n) is 3.79. The van der Waals surface area contributed by atoms with Crippen molar-refractivity contribution in [2.24, 2.45) is 5.92 Å². The molecule has 1 aliphatic carbocycles. The Kier molecular flexibility index (Phi) is 2.16. The van der Waals surface area contributed by atoms with Gasteiger partial charge in [0.15, 0.2) is 0 Å². The monoisotopic (exact) mass is 159 g/mol. The van der Waals surface area contributed by atoms with Crippen LogP contribution in [0.15, 0.2) is 30.3 Å². The van der Waals surface area contributed by atoms with E-state index in [1.54, 1.807) is 0 Å². The second kappa shape index (κ2) is 3.30. The molecule has 1 aromatic carbocycles. The molecule has 1 radical (unpaired) electrons. The minimum absolute atomic E-state index is 0.690. The third kappa shape index (κ3) is 1.52. The number of hydrogen-bond acceptors (Lipinski definition) is 0. The van der Waals surface area contributed by atoms with Crippen molar-refractivity contribution in [3.05, 3.63) is 42.8 Å². The Morgan fingerprint density at radius 3 is 2.42 bits per heavy atom. The molecule has 0 N–H and O–H groups in total. The van der Waals surface area contributed by atoms with Crippen LogP contribution in [0.1, 0.15) is 30.7 Å². The van der Waals surface area contributed by atoms with E-state index in [9.17, 15) is 0 Å². The topological polar surface area (TPSA) is 0 Å². The predicted molar refractivity (Wildman–Crippen MR) is 51.9 cm³/mol. The van der Waals surface area contributed by atoms with E-state index in [1.165, 1.54) is 24.8 Å². The van der Waals surface area contributed by atoms with Crippen LogP contribution in [-0.4, -0.2) is 0 Å². The first-order valence-electron chi connectivity index (χ1n) is 4.74. The van der Waals surface area contributed by atoms with Gasteiger partial charge in [-0.05, 0) is 36.7 Å². The van der Waals surface area contributed by atoms with Gasteiger partial charge in [0.1, 0.15) is 0 Å². The largest absolute Gasteiger partial charge is 0.0622 e. The van der Waals surface area contributed by atoms with Crippen LogP contribution in [0.5, 0.6) is 0 Å². The van der Waals surface area contributed by atoms with Crippen molar-refractivity contribution in [1.29, 1.82) is 0 Å². The maximum atomic E-state index is 4.11. The van der Waals surface area contributed by atoms with Gasteiger partial charge in [-0.15, -0.1) is 0 Å². The normalized spacial score (nSPS) is 29.1. The van der Waals surface area contributed by atoms with Crippen LogP contribution < -0.4 is 0 Å². The lowest BCUT2D eigenvalue weighted by molar-refractivity contribution is 0.655. The van der Waals surface area contributed by atoms with Crippen molar-refractivity contribution < 1.29 is 0 Å². The highest BCUT2D eigenvalue weighted by Gasteiger charge is 2.22. The summed E-state index contributed by atoms with van der Waals surface area (Å²) in [6.07, 6.45) is 3.92. The molecule has 0 amide bonds. The van der Waals surface area contributed by atoms with Crippen LogP contribution in [-0.2, 0) is 0 Å². The smallest absolute Gasteiger partial charge is 0.0159 e. The molecule has 1 aliphatic rings. The van der Waals surface area contributed by atoms with Gasteiger partial charge < -0.3 is 0 Å². The Bertz CT molecular complexity index is 237. The van der Waals surface area contributed by atoms with E-state index in [0.717, 1.165) is 5.92 Å². The Morgan fingerprint density at radius 2 is 1.83 bits per heavy atom. The first-order chi connectivity index (χ1) is 5.86. The third-order valence-electron chi connectivity index (χ3n) is 2.81. The standard InChI is InChI=1S/C12H15/c1-10-7-8-12(9-10)11-5-3-2-4-6-11/h2-6,10,12H,1,7-9H2. The SMILES string of the molecule is [CH2]C1CCC(c2ccccc2)C1. The maximum Gasteiger partial charge on any atom is -0.0159 e. The Labute approximate surface area is 74.6 Å². The molecule has 0 aromatic heterocycles. The van der Waals surface area contributed by atoms with Gasteiger partial charge in [0.2, 0.25) is 0 Å². The molecular formula is C12H15. The highest BCUT2D eigenvalue weighted by Crippen LogP contribution is 2.37. The molecular weight excluding hydrogens is 144 g/mol. The molecule has 63 valence electrons. The first-order valence-corrected chi connectivity index (χ1v) is 4.74. The molecule has 0 heteroatoms. The fourth-order valence-corrected chi connectivity index (χ4v) is 2.10. The van der Waals surface area contributed by atoms with E-state index in [4.69, 9.17) is 0 Å². The maximum absolute atomic E-state index is 4.11. The lowest BCUT2D eigenvalue weighted by Gasteiger charge is -2.08. The van der Waals surface area contributed by atoms with E-state index < -0.39 is 0 Å². The minimum atomic E-state index is 0.690. The first kappa shape index (κ1) is 7.85. The average molecular weight is 159 g/mol. The average Bonchev–Trinajstić information content (AvgIpc) is 2.54. The molecule has 2 atom stereocenters. The zero-order valence-corrected chi connectivity index (χ0v) is 7.37. The van der Waals surface area contributed by atoms with Crippen LogP contribution in [0.25, 0.3) is 0 Å². The van der Waals surface area contributed by atoms with Crippen molar-refractivity contribution in [2.75, 3.05) is 0 Å². The van der Waals surface area contributed by atoms with Crippen LogP contribution in [0.4, 0.5) is 0 Å². The molecule has 0 spiro atoms. The summed E-state index contributed by atoms with van der Waals surface area (Å²) in [5.41, 5.74) is 1.50. The number of benzene rings is 1. The molecule has 12 heavy (non-hydrogen) atoms. The summed E-state index contributed by atoms with van der Waals surface area (Å²) >= 11 is 0. The molecule has 0 aliphatic heterocycles. The van der Waals surface area contributed by atoms with Gasteiger partial charge in [0.25, 0.3) is 0 Å². The molecule has 0 heterocycles. The third-order valence-corrected chi connectivity index (χ3v) is 2.81. The Balaban J connectivity index is 2.11. The van der Waals surface area contributed by atoms with Crippen molar-refractivity contribution in [1.82, 2.24) is 0 Å². The van der Waals surface area contributed by atoms with Crippen LogP contribution in [0.2, 0.25) is 0 Å². The number of rotatable bonds is 1. The molecule has 0 nitrogen and oxygen atoms in total. The number of hydrogen-bond donors (Lipinski definition) is 0. The summed E-state index contributed by atoms with van der Waals surface area (Å²) in [7, 11) is 0. The van der Waals surface area contributed by atoms with Gasteiger partial charge in [-0.25, -0.2) is 0 Å². The zero-order chi connectivity index (χ0) is 8.39. The molecule has 1 saturated carbocycles. The Morgan fingerprint density at radius 1 is 1.08 bits per heavy atom. The molecule has 2 unspecified atom stereocenters. The van der Waals surface area contributed by atoms with E-state index in [1.807, 2.05) is 0 Å². The molecule has 1 aromatic rings. The van der Waals surface area contributed by atoms with Crippen LogP contribution >= 0.6 is 0 Å². The summed E-state index contributed by atoms with van der Waals surface area (Å²) in [6, 6.07) is 10.8. The van der Waals surface area contributed by atoms with Crippen molar-refractivity contribution in [2.45, 2.75) is 25.2 Å². The van der Waals surface area contributed by atoms with Crippen molar-refractivity contribution >= 4 is 0 Å². The van der Waals surface area contributed by atoms with E-state index >= 15 is 0 Å². The van der Waals surface area contributed by atoms with Gasteiger partial charge in [-0.1, -0.05) is 37.3 Å². The van der Waals surface area contributed by atoms with E-state index in [2.05, 4.69) is 37.3 Å².